The Kier molecular flexibility index (Phi) is 3.20. The van der Waals surface area contributed by atoms with Gasteiger partial charge in [0.1, 0.15) is 0 Å². The predicted molar refractivity (Wildman–Crippen MR) is 93.9 cm³/mol. The maximum Gasteiger partial charge on any atom is 0.280 e. The van der Waals surface area contributed by atoms with Crippen LogP contribution in [0.4, 0.5) is 5.82 Å². The fourth-order valence-electron chi connectivity index (χ4n) is 3.49. The van der Waals surface area contributed by atoms with E-state index in [1.807, 2.05) is 37.3 Å². The lowest BCUT2D eigenvalue weighted by atomic mass is 10.1. The monoisotopic (exact) mass is 320 g/mol. The molecule has 2 N–H and O–H groups in total. The molecule has 1 fully saturated rings. The van der Waals surface area contributed by atoms with Crippen molar-refractivity contribution in [3.8, 4) is 0 Å². The standard InChI is InChI=1S/C19H20N4O/c1-10-6-4-5-7-13(10)19(24)23-18-14(17(20)22-23)8-9-15(21-18)16-11(2)12(16)3/h4-9,11-12,16H,1-3H3,(H2,20,22)/t11-,12+,16?. The number of rotatable bonds is 2. The highest BCUT2D eigenvalue weighted by Gasteiger charge is 2.45. The van der Waals surface area contributed by atoms with E-state index in [9.17, 15) is 4.79 Å². The summed E-state index contributed by atoms with van der Waals surface area (Å²) in [5.74, 6) is 1.83. The summed E-state index contributed by atoms with van der Waals surface area (Å²) in [6.07, 6.45) is 0. The summed E-state index contributed by atoms with van der Waals surface area (Å²) in [5.41, 5.74) is 9.08. The zero-order valence-corrected chi connectivity index (χ0v) is 14.0. The molecule has 3 atom stereocenters. The van der Waals surface area contributed by atoms with Crippen molar-refractivity contribution >= 4 is 22.8 Å². The van der Waals surface area contributed by atoms with E-state index in [0.29, 0.717) is 34.8 Å². The SMILES string of the molecule is Cc1ccccc1C(=O)n1nc(N)c2ccc(C3[C@@H](C)[C@H]3C)nc21. The van der Waals surface area contributed by atoms with E-state index in [2.05, 4.69) is 18.9 Å². The smallest absolute Gasteiger partial charge is 0.280 e. The van der Waals surface area contributed by atoms with E-state index in [4.69, 9.17) is 10.7 Å². The molecule has 1 aromatic carbocycles. The van der Waals surface area contributed by atoms with Gasteiger partial charge in [-0.2, -0.15) is 4.68 Å². The zero-order valence-electron chi connectivity index (χ0n) is 14.0. The quantitative estimate of drug-likeness (QED) is 0.785. The first kappa shape index (κ1) is 14.9. The van der Waals surface area contributed by atoms with Gasteiger partial charge in [0.15, 0.2) is 11.5 Å². The number of anilines is 1. The molecule has 24 heavy (non-hydrogen) atoms. The van der Waals surface area contributed by atoms with Crippen molar-refractivity contribution in [1.29, 1.82) is 0 Å². The van der Waals surface area contributed by atoms with Gasteiger partial charge in [0.05, 0.1) is 5.39 Å². The van der Waals surface area contributed by atoms with Crippen molar-refractivity contribution < 1.29 is 4.79 Å². The maximum absolute atomic E-state index is 12.9. The van der Waals surface area contributed by atoms with Gasteiger partial charge in [0.2, 0.25) is 0 Å². The Labute approximate surface area is 140 Å². The number of nitrogens with zero attached hydrogens (tertiary/aromatic N) is 3. The molecule has 122 valence electrons. The van der Waals surface area contributed by atoms with Crippen molar-refractivity contribution in [3.63, 3.8) is 0 Å². The largest absolute Gasteiger partial charge is 0.382 e. The molecule has 0 bridgehead atoms. The summed E-state index contributed by atoms with van der Waals surface area (Å²) < 4.78 is 1.34. The van der Waals surface area contributed by atoms with E-state index in [-0.39, 0.29) is 5.91 Å². The summed E-state index contributed by atoms with van der Waals surface area (Å²) in [4.78, 5) is 17.7. The molecule has 1 aliphatic carbocycles. The van der Waals surface area contributed by atoms with Crippen LogP contribution in [0.5, 0.6) is 0 Å². The van der Waals surface area contributed by atoms with Crippen LogP contribution in [0.3, 0.4) is 0 Å². The number of carbonyl (C=O) groups is 1. The Hall–Kier alpha value is -2.69. The van der Waals surface area contributed by atoms with Crippen LogP contribution in [0.1, 0.15) is 41.4 Å². The van der Waals surface area contributed by atoms with E-state index >= 15 is 0 Å². The van der Waals surface area contributed by atoms with Gasteiger partial charge in [-0.3, -0.25) is 4.79 Å². The lowest BCUT2D eigenvalue weighted by molar-refractivity contribution is 0.0949. The second kappa shape index (κ2) is 5.16. The van der Waals surface area contributed by atoms with Gasteiger partial charge in [-0.15, -0.1) is 5.10 Å². The first-order chi connectivity index (χ1) is 11.5. The van der Waals surface area contributed by atoms with Crippen LogP contribution in [0.25, 0.3) is 11.0 Å². The fourth-order valence-corrected chi connectivity index (χ4v) is 3.49. The lowest BCUT2D eigenvalue weighted by Crippen LogP contribution is -2.15. The maximum atomic E-state index is 12.9. The van der Waals surface area contributed by atoms with Crippen LogP contribution in [0.2, 0.25) is 0 Å². The number of aromatic nitrogens is 3. The molecule has 0 amide bonds. The third kappa shape index (κ3) is 2.12. The predicted octanol–water partition coefficient (Wildman–Crippen LogP) is 3.38. The highest BCUT2D eigenvalue weighted by molar-refractivity contribution is 6.03. The second-order valence-electron chi connectivity index (χ2n) is 6.77. The Balaban J connectivity index is 1.85. The average molecular weight is 320 g/mol. The van der Waals surface area contributed by atoms with Crippen molar-refractivity contribution in [3.05, 3.63) is 53.2 Å². The molecule has 0 aliphatic heterocycles. The summed E-state index contributed by atoms with van der Waals surface area (Å²) in [6, 6.07) is 11.4. The Bertz CT molecular complexity index is 951. The second-order valence-corrected chi connectivity index (χ2v) is 6.77. The topological polar surface area (TPSA) is 73.8 Å². The first-order valence-electron chi connectivity index (χ1n) is 8.24. The number of fused-ring (bicyclic) bond motifs is 1. The molecular weight excluding hydrogens is 300 g/mol. The van der Waals surface area contributed by atoms with Crippen molar-refractivity contribution in [2.45, 2.75) is 26.7 Å². The minimum Gasteiger partial charge on any atom is -0.382 e. The molecule has 4 rings (SSSR count). The van der Waals surface area contributed by atoms with Crippen molar-refractivity contribution in [2.75, 3.05) is 5.73 Å². The highest BCUT2D eigenvalue weighted by atomic mass is 16.2. The Morgan fingerprint density at radius 1 is 1.12 bits per heavy atom. The average Bonchev–Trinajstić information content (AvgIpc) is 3.03. The van der Waals surface area contributed by atoms with Crippen LogP contribution in [-0.2, 0) is 0 Å². The van der Waals surface area contributed by atoms with E-state index in [1.165, 1.54) is 4.68 Å². The Morgan fingerprint density at radius 3 is 2.50 bits per heavy atom. The number of nitrogens with two attached hydrogens (primary N) is 1. The molecule has 3 aromatic rings. The molecule has 5 nitrogen and oxygen atoms in total. The van der Waals surface area contributed by atoms with Crippen molar-refractivity contribution in [1.82, 2.24) is 14.8 Å². The number of carbonyl (C=O) groups excluding carboxylic acids is 1. The lowest BCUT2D eigenvalue weighted by Gasteiger charge is -2.06. The van der Waals surface area contributed by atoms with Gasteiger partial charge < -0.3 is 5.73 Å². The number of nitrogen functional groups attached to an aromatic ring is 1. The fraction of sp³-hybridized carbons (Fsp3) is 0.316. The number of hydrogen-bond donors (Lipinski definition) is 1. The molecule has 1 unspecified atom stereocenters. The molecule has 0 radical (unpaired) electrons. The van der Waals surface area contributed by atoms with Gasteiger partial charge >= 0.3 is 0 Å². The Morgan fingerprint density at radius 2 is 1.83 bits per heavy atom. The van der Waals surface area contributed by atoms with Gasteiger partial charge in [0.25, 0.3) is 5.91 Å². The normalized spacial score (nSPS) is 22.7. The van der Waals surface area contributed by atoms with E-state index in [1.54, 1.807) is 6.07 Å². The van der Waals surface area contributed by atoms with Gasteiger partial charge in [0, 0.05) is 17.2 Å². The van der Waals surface area contributed by atoms with Crippen LogP contribution >= 0.6 is 0 Å². The number of pyridine rings is 1. The van der Waals surface area contributed by atoms with Crippen LogP contribution in [0, 0.1) is 18.8 Å². The highest BCUT2D eigenvalue weighted by Crippen LogP contribution is 2.52. The molecule has 2 aromatic heterocycles. The van der Waals surface area contributed by atoms with Gasteiger partial charge in [-0.25, -0.2) is 4.98 Å². The zero-order chi connectivity index (χ0) is 17.0. The number of benzene rings is 1. The van der Waals surface area contributed by atoms with E-state index in [0.717, 1.165) is 16.6 Å². The van der Waals surface area contributed by atoms with Crippen LogP contribution < -0.4 is 5.73 Å². The molecule has 5 heteroatoms. The number of aryl methyl sites for hydroxylation is 1. The molecule has 1 aliphatic rings. The number of hydrogen-bond acceptors (Lipinski definition) is 4. The molecule has 1 saturated carbocycles. The molecule has 0 saturated heterocycles. The molecular formula is C19H20N4O. The van der Waals surface area contributed by atoms with E-state index < -0.39 is 0 Å². The van der Waals surface area contributed by atoms with Crippen LogP contribution in [-0.4, -0.2) is 20.7 Å². The molecule has 2 heterocycles. The van der Waals surface area contributed by atoms with Gasteiger partial charge in [-0.05, 0) is 42.5 Å². The summed E-state index contributed by atoms with van der Waals surface area (Å²) >= 11 is 0. The summed E-state index contributed by atoms with van der Waals surface area (Å²) in [5, 5.41) is 4.97. The third-order valence-corrected chi connectivity index (χ3v) is 5.31. The summed E-state index contributed by atoms with van der Waals surface area (Å²) in [7, 11) is 0. The van der Waals surface area contributed by atoms with Crippen LogP contribution in [0.15, 0.2) is 36.4 Å². The van der Waals surface area contributed by atoms with Gasteiger partial charge in [-0.1, -0.05) is 32.0 Å². The third-order valence-electron chi connectivity index (χ3n) is 5.31. The molecule has 0 spiro atoms. The first-order valence-corrected chi connectivity index (χ1v) is 8.24. The minimum absolute atomic E-state index is 0.198. The summed E-state index contributed by atoms with van der Waals surface area (Å²) in [6.45, 7) is 6.37. The minimum atomic E-state index is -0.198. The van der Waals surface area contributed by atoms with Crippen molar-refractivity contribution in [2.24, 2.45) is 11.8 Å².